The highest BCUT2D eigenvalue weighted by Gasteiger charge is 2.27. The van der Waals surface area contributed by atoms with E-state index in [2.05, 4.69) is 414 Å². The fourth-order valence-corrected chi connectivity index (χ4v) is 16.2. The zero-order chi connectivity index (χ0) is 70.8. The maximum Gasteiger partial charge on any atom is 0.0618 e. The Morgan fingerprint density at radius 3 is 0.495 bits per heavy atom. The molecule has 18 aromatic carbocycles. The first-order valence-corrected chi connectivity index (χ1v) is 36.5. The molecule has 0 spiro atoms. The molecule has 0 aliphatic carbocycles. The van der Waals surface area contributed by atoms with Crippen LogP contribution in [0.15, 0.2) is 358 Å². The third-order valence-electron chi connectivity index (χ3n) is 21.4. The second-order valence-corrected chi connectivity index (χ2v) is 28.4. The molecule has 0 aliphatic heterocycles. The number of fused-ring (bicyclic) bond motifs is 6. The summed E-state index contributed by atoms with van der Waals surface area (Å²) < 4.78 is 0. The van der Waals surface area contributed by atoms with Gasteiger partial charge >= 0.3 is 0 Å². The van der Waals surface area contributed by atoms with Crippen LogP contribution in [-0.2, 0) is 0 Å². The summed E-state index contributed by atoms with van der Waals surface area (Å²) in [6.45, 7) is 12.9. The molecule has 0 N–H and O–H groups in total. The van der Waals surface area contributed by atoms with Gasteiger partial charge in [0.2, 0.25) is 0 Å². The predicted molar refractivity (Wildman–Crippen MR) is 451 cm³/mol. The summed E-state index contributed by atoms with van der Waals surface area (Å²) in [6, 6.07) is 134. The van der Waals surface area contributed by atoms with E-state index in [1.165, 1.54) is 126 Å². The summed E-state index contributed by atoms with van der Waals surface area (Å²) in [5, 5.41) is 14.2. The highest BCUT2D eigenvalue weighted by atomic mass is 15.2. The number of nitrogens with zero attached hydrogens (tertiary/aromatic N) is 3. The zero-order valence-electron chi connectivity index (χ0n) is 59.9. The average Bonchev–Trinajstić information content (AvgIpc) is 0.724. The Labute approximate surface area is 615 Å². The summed E-state index contributed by atoms with van der Waals surface area (Å²) in [6.07, 6.45) is 0. The van der Waals surface area contributed by atoms with E-state index in [1.54, 1.807) is 0 Å². The fraction of sp³-hybridized carbons (Fsp3) is 0.0588. The van der Waals surface area contributed by atoms with Gasteiger partial charge in [-0.25, -0.2) is 0 Å². The van der Waals surface area contributed by atoms with E-state index in [0.717, 1.165) is 79.0 Å². The minimum atomic E-state index is 1.09. The molecule has 0 aliphatic rings. The van der Waals surface area contributed by atoms with Gasteiger partial charge in [0.05, 0.1) is 5.69 Å². The Morgan fingerprint density at radius 2 is 0.295 bits per heavy atom. The first-order chi connectivity index (χ1) is 51.5. The molecule has 0 saturated carbocycles. The van der Waals surface area contributed by atoms with Crippen LogP contribution in [0.1, 0.15) is 33.4 Å². The second kappa shape index (κ2) is 26.7. The van der Waals surface area contributed by atoms with Gasteiger partial charge in [0.15, 0.2) is 0 Å². The number of benzene rings is 18. The van der Waals surface area contributed by atoms with Crippen LogP contribution in [0.3, 0.4) is 0 Å². The Hall–Kier alpha value is -13.1. The van der Waals surface area contributed by atoms with E-state index >= 15 is 0 Å². The standard InChI is InChI=1S/C102H77N3/c1-66-31-47-77(48-32-66)103(78-49-33-67(2)34-50-78)81-59-43-72(44-60-81)97-85-19-7-11-23-89(85)99(90-24-12-8-20-86(90)97)74-63-75(65-76(64-74)101-93-27-15-17-29-95(93)102(96-30-18-16-28-94(96)101)105(83-55-39-70(5)40-56-83)84-57-41-71(6)42-58-84)100-91-25-13-9-21-87(91)98(88-22-10-14-26-92(88)100)73-45-61-82(62-46-73)104(79-51-35-68(3)36-52-79)80-53-37-69(4)38-54-80/h7-65H,1-6H3. The lowest BCUT2D eigenvalue weighted by Crippen LogP contribution is -2.11. The quantitative estimate of drug-likeness (QED) is 0.100. The lowest BCUT2D eigenvalue weighted by Gasteiger charge is -2.30. The number of hydrogen-bond acceptors (Lipinski definition) is 3. The number of aryl methyl sites for hydroxylation is 6. The normalized spacial score (nSPS) is 11.5. The van der Waals surface area contributed by atoms with Crippen molar-refractivity contribution >= 4 is 116 Å². The van der Waals surface area contributed by atoms with Crippen LogP contribution >= 0.6 is 0 Å². The fourth-order valence-electron chi connectivity index (χ4n) is 16.2. The number of anilines is 9. The van der Waals surface area contributed by atoms with Crippen LogP contribution in [-0.4, -0.2) is 0 Å². The molecule has 105 heavy (non-hydrogen) atoms. The third kappa shape index (κ3) is 11.6. The number of rotatable bonds is 14. The lowest BCUT2D eigenvalue weighted by atomic mass is 9.81. The summed E-state index contributed by atoms with van der Waals surface area (Å²) >= 11 is 0. The van der Waals surface area contributed by atoms with Crippen molar-refractivity contribution in [3.63, 3.8) is 0 Å². The van der Waals surface area contributed by atoms with Crippen molar-refractivity contribution in [1.82, 2.24) is 0 Å². The topological polar surface area (TPSA) is 9.72 Å². The SMILES string of the molecule is Cc1ccc(N(c2ccc(C)cc2)c2ccc(-c3c4ccccc4c(-c4cc(-c5c6ccccc6c(-c6ccc(N(c7ccc(C)cc7)c7ccc(C)cc7)cc6)c6ccccc56)cc(-c5c6ccccc6c(N(c6ccc(C)cc6)c6ccc(C)cc6)c6ccccc56)c4)c4ccccc34)cc2)cc1. The van der Waals surface area contributed by atoms with Crippen molar-refractivity contribution in [3.05, 3.63) is 391 Å². The monoisotopic (exact) mass is 1340 g/mol. The molecule has 3 heteroatoms. The van der Waals surface area contributed by atoms with Gasteiger partial charge in [-0.3, -0.25) is 0 Å². The van der Waals surface area contributed by atoms with Crippen molar-refractivity contribution in [2.75, 3.05) is 14.7 Å². The molecule has 0 bridgehead atoms. The molecule has 0 amide bonds. The minimum Gasteiger partial charge on any atom is -0.311 e. The first kappa shape index (κ1) is 64.0. The van der Waals surface area contributed by atoms with Crippen LogP contribution < -0.4 is 14.7 Å². The Morgan fingerprint density at radius 1 is 0.143 bits per heavy atom. The maximum absolute atomic E-state index is 2.51. The molecule has 0 radical (unpaired) electrons. The van der Waals surface area contributed by atoms with Gasteiger partial charge in [-0.15, -0.1) is 0 Å². The van der Waals surface area contributed by atoms with E-state index in [1.807, 2.05) is 0 Å². The molecule has 0 aromatic heterocycles. The molecule has 0 saturated heterocycles. The van der Waals surface area contributed by atoms with Gasteiger partial charge < -0.3 is 14.7 Å². The highest BCUT2D eigenvalue weighted by Crippen LogP contribution is 2.53. The smallest absolute Gasteiger partial charge is 0.0618 e. The van der Waals surface area contributed by atoms with E-state index in [4.69, 9.17) is 0 Å². The van der Waals surface area contributed by atoms with Crippen molar-refractivity contribution in [2.24, 2.45) is 0 Å². The van der Waals surface area contributed by atoms with Gasteiger partial charge in [0.1, 0.15) is 0 Å². The maximum atomic E-state index is 2.51. The minimum absolute atomic E-state index is 1.09. The van der Waals surface area contributed by atoms with Crippen LogP contribution in [0.5, 0.6) is 0 Å². The van der Waals surface area contributed by atoms with Gasteiger partial charge in [-0.1, -0.05) is 276 Å². The van der Waals surface area contributed by atoms with Crippen molar-refractivity contribution in [3.8, 4) is 55.6 Å². The van der Waals surface area contributed by atoms with Gasteiger partial charge in [0.25, 0.3) is 0 Å². The molecule has 18 rings (SSSR count). The molecule has 3 nitrogen and oxygen atoms in total. The van der Waals surface area contributed by atoms with Gasteiger partial charge in [0, 0.05) is 56.3 Å². The van der Waals surface area contributed by atoms with Crippen LogP contribution in [0.2, 0.25) is 0 Å². The molecule has 0 fully saturated rings. The van der Waals surface area contributed by atoms with Crippen LogP contribution in [0, 0.1) is 41.5 Å². The summed E-state index contributed by atoms with van der Waals surface area (Å²) in [7, 11) is 0. The molecule has 18 aromatic rings. The Bertz CT molecular complexity index is 5750. The summed E-state index contributed by atoms with van der Waals surface area (Å²) in [4.78, 5) is 7.20. The Balaban J connectivity index is 0.882. The van der Waals surface area contributed by atoms with Crippen LogP contribution in [0.25, 0.3) is 120 Å². The van der Waals surface area contributed by atoms with E-state index in [9.17, 15) is 0 Å². The largest absolute Gasteiger partial charge is 0.311 e. The van der Waals surface area contributed by atoms with Gasteiger partial charge in [-0.05, 0) is 266 Å². The Kier molecular flexibility index (Phi) is 16.3. The lowest BCUT2D eigenvalue weighted by molar-refractivity contribution is 1.27. The second-order valence-electron chi connectivity index (χ2n) is 28.4. The van der Waals surface area contributed by atoms with Crippen molar-refractivity contribution in [2.45, 2.75) is 41.5 Å². The van der Waals surface area contributed by atoms with Gasteiger partial charge in [-0.2, -0.15) is 0 Å². The molecule has 0 heterocycles. The molecule has 500 valence electrons. The molecular weight excluding hydrogens is 1270 g/mol. The molecule has 0 atom stereocenters. The predicted octanol–water partition coefficient (Wildman–Crippen LogP) is 29.2. The molecule has 0 unspecified atom stereocenters. The van der Waals surface area contributed by atoms with Crippen molar-refractivity contribution < 1.29 is 0 Å². The van der Waals surface area contributed by atoms with E-state index in [-0.39, 0.29) is 0 Å². The zero-order valence-corrected chi connectivity index (χ0v) is 59.9. The average molecular weight is 1340 g/mol. The van der Waals surface area contributed by atoms with Crippen LogP contribution in [0.4, 0.5) is 51.2 Å². The highest BCUT2D eigenvalue weighted by molar-refractivity contribution is 6.27. The third-order valence-corrected chi connectivity index (χ3v) is 21.4. The molecular formula is C102H77N3. The van der Waals surface area contributed by atoms with E-state index < -0.39 is 0 Å². The summed E-state index contributed by atoms with van der Waals surface area (Å²) in [5.74, 6) is 0. The first-order valence-electron chi connectivity index (χ1n) is 36.5. The summed E-state index contributed by atoms with van der Waals surface area (Å²) in [5.41, 5.74) is 29.1. The number of hydrogen-bond donors (Lipinski definition) is 0. The van der Waals surface area contributed by atoms with E-state index in [0.29, 0.717) is 0 Å². The van der Waals surface area contributed by atoms with Crippen molar-refractivity contribution in [1.29, 1.82) is 0 Å².